The fourth-order valence-corrected chi connectivity index (χ4v) is 3.55. The number of anilines is 1. The summed E-state index contributed by atoms with van der Waals surface area (Å²) in [5.41, 5.74) is 2.47. The number of unbranched alkanes of at least 4 members (excludes halogenated alkanes) is 5. The highest BCUT2D eigenvalue weighted by molar-refractivity contribution is 5.83. The number of rotatable bonds is 13. The molecule has 6 nitrogen and oxygen atoms in total. The number of aryl methyl sites for hydroxylation is 2. The van der Waals surface area contributed by atoms with Crippen LogP contribution in [0.15, 0.2) is 12.1 Å². The van der Waals surface area contributed by atoms with Gasteiger partial charge in [0.15, 0.2) is 0 Å². The van der Waals surface area contributed by atoms with Crippen molar-refractivity contribution in [3.63, 3.8) is 0 Å². The van der Waals surface area contributed by atoms with Crippen molar-refractivity contribution in [2.75, 3.05) is 11.9 Å². The number of aliphatic carboxylic acids is 1. The largest absolute Gasteiger partial charge is 0.480 e. The molecule has 1 aromatic heterocycles. The van der Waals surface area contributed by atoms with E-state index in [1.807, 2.05) is 6.92 Å². The molecule has 0 aliphatic carbocycles. The minimum atomic E-state index is -0.933. The molecule has 0 bridgehead atoms. The maximum absolute atomic E-state index is 11.7. The molecule has 0 radical (unpaired) electrons. The normalized spacial score (nSPS) is 14.0. The van der Waals surface area contributed by atoms with Crippen molar-refractivity contribution in [1.82, 2.24) is 10.3 Å². The van der Waals surface area contributed by atoms with Gasteiger partial charge in [0.05, 0.1) is 0 Å². The lowest BCUT2D eigenvalue weighted by Crippen LogP contribution is -2.40. The molecule has 1 aromatic rings. The number of amides is 1. The van der Waals surface area contributed by atoms with E-state index in [4.69, 9.17) is 4.98 Å². The van der Waals surface area contributed by atoms with E-state index >= 15 is 0 Å². The lowest BCUT2D eigenvalue weighted by molar-refractivity contribution is -0.142. The first-order valence-corrected chi connectivity index (χ1v) is 10.8. The molecule has 0 fully saturated rings. The van der Waals surface area contributed by atoms with Gasteiger partial charge in [-0.3, -0.25) is 4.79 Å². The van der Waals surface area contributed by atoms with E-state index in [1.165, 1.54) is 12.0 Å². The van der Waals surface area contributed by atoms with Crippen molar-refractivity contribution in [2.24, 2.45) is 0 Å². The molecule has 156 valence electrons. The number of hydrogen-bond acceptors (Lipinski definition) is 4. The smallest absolute Gasteiger partial charge is 0.326 e. The van der Waals surface area contributed by atoms with Gasteiger partial charge in [0, 0.05) is 18.7 Å². The SMILES string of the molecule is CCCCC(=O)NC(CCCCCCCc1ccc2c(n1)NCCC2)C(=O)O. The summed E-state index contributed by atoms with van der Waals surface area (Å²) in [7, 11) is 0. The number of carboxylic acid groups (broad SMARTS) is 1. The van der Waals surface area contributed by atoms with Gasteiger partial charge in [-0.25, -0.2) is 9.78 Å². The number of carbonyl (C=O) groups is 2. The van der Waals surface area contributed by atoms with Crippen LogP contribution in [-0.4, -0.2) is 34.6 Å². The van der Waals surface area contributed by atoms with E-state index in [0.717, 1.165) is 75.8 Å². The summed E-state index contributed by atoms with van der Waals surface area (Å²) in [5.74, 6) is -0.0253. The Labute approximate surface area is 168 Å². The molecular formula is C22H35N3O3. The molecule has 2 rings (SSSR count). The standard InChI is InChI=1S/C22H35N3O3/c1-2-3-13-20(26)25-19(22(27)28)12-8-6-4-5-7-11-18-15-14-17-10-9-16-23-21(17)24-18/h14-15,19H,2-13,16H2,1H3,(H,23,24)(H,25,26)(H,27,28). The van der Waals surface area contributed by atoms with E-state index in [1.54, 1.807) is 0 Å². The number of nitrogens with one attached hydrogen (secondary N) is 2. The zero-order valence-corrected chi connectivity index (χ0v) is 17.1. The average Bonchev–Trinajstić information content (AvgIpc) is 2.70. The predicted octanol–water partition coefficient (Wildman–Crippen LogP) is 4.08. The van der Waals surface area contributed by atoms with Crippen LogP contribution in [0.1, 0.15) is 82.4 Å². The average molecular weight is 390 g/mol. The van der Waals surface area contributed by atoms with Crippen molar-refractivity contribution >= 4 is 17.7 Å². The van der Waals surface area contributed by atoms with Gasteiger partial charge < -0.3 is 15.7 Å². The van der Waals surface area contributed by atoms with Crippen LogP contribution >= 0.6 is 0 Å². The van der Waals surface area contributed by atoms with Crippen LogP contribution in [0.4, 0.5) is 5.82 Å². The van der Waals surface area contributed by atoms with Crippen molar-refractivity contribution < 1.29 is 14.7 Å². The summed E-state index contributed by atoms with van der Waals surface area (Å²) in [6, 6.07) is 3.59. The monoisotopic (exact) mass is 389 g/mol. The van der Waals surface area contributed by atoms with Gasteiger partial charge in [-0.15, -0.1) is 0 Å². The van der Waals surface area contributed by atoms with Crippen molar-refractivity contribution in [3.8, 4) is 0 Å². The molecule has 0 aromatic carbocycles. The molecule has 1 unspecified atom stereocenters. The third kappa shape index (κ3) is 7.87. The Morgan fingerprint density at radius 1 is 1.18 bits per heavy atom. The van der Waals surface area contributed by atoms with Gasteiger partial charge in [-0.2, -0.15) is 0 Å². The molecule has 0 saturated heterocycles. The topological polar surface area (TPSA) is 91.3 Å². The predicted molar refractivity (Wildman–Crippen MR) is 112 cm³/mol. The number of hydrogen-bond donors (Lipinski definition) is 3. The van der Waals surface area contributed by atoms with Gasteiger partial charge in [0.1, 0.15) is 11.9 Å². The fraction of sp³-hybridized carbons (Fsp3) is 0.682. The quantitative estimate of drug-likeness (QED) is 0.442. The van der Waals surface area contributed by atoms with Crippen LogP contribution in [0.3, 0.4) is 0 Å². The second-order valence-corrected chi connectivity index (χ2v) is 7.71. The Morgan fingerprint density at radius 2 is 1.96 bits per heavy atom. The van der Waals surface area contributed by atoms with Gasteiger partial charge in [-0.05, 0) is 50.2 Å². The molecule has 1 amide bonds. The zero-order chi connectivity index (χ0) is 20.2. The van der Waals surface area contributed by atoms with Gasteiger partial charge in [0.25, 0.3) is 0 Å². The molecule has 0 spiro atoms. The van der Waals surface area contributed by atoms with Crippen LogP contribution < -0.4 is 10.6 Å². The van der Waals surface area contributed by atoms with E-state index in [9.17, 15) is 14.7 Å². The highest BCUT2D eigenvalue weighted by Crippen LogP contribution is 2.20. The number of nitrogens with zero attached hydrogens (tertiary/aromatic N) is 1. The molecular weight excluding hydrogens is 354 g/mol. The highest BCUT2D eigenvalue weighted by Gasteiger charge is 2.18. The zero-order valence-electron chi connectivity index (χ0n) is 17.1. The summed E-state index contributed by atoms with van der Waals surface area (Å²) in [4.78, 5) is 27.8. The minimum Gasteiger partial charge on any atom is -0.480 e. The molecule has 1 aliphatic heterocycles. The van der Waals surface area contributed by atoms with E-state index in [0.29, 0.717) is 12.8 Å². The van der Waals surface area contributed by atoms with Gasteiger partial charge in [-0.1, -0.05) is 45.1 Å². The second kappa shape index (κ2) is 12.4. The molecule has 2 heterocycles. The van der Waals surface area contributed by atoms with Crippen LogP contribution in [-0.2, 0) is 22.4 Å². The third-order valence-corrected chi connectivity index (χ3v) is 5.27. The summed E-state index contributed by atoms with van der Waals surface area (Å²) in [6.07, 6.45) is 11.0. The summed E-state index contributed by atoms with van der Waals surface area (Å²) >= 11 is 0. The van der Waals surface area contributed by atoms with E-state index in [2.05, 4.69) is 22.8 Å². The van der Waals surface area contributed by atoms with Crippen molar-refractivity contribution in [2.45, 2.75) is 90.0 Å². The van der Waals surface area contributed by atoms with E-state index < -0.39 is 12.0 Å². The van der Waals surface area contributed by atoms with Crippen LogP contribution in [0.25, 0.3) is 0 Å². The molecule has 1 aliphatic rings. The summed E-state index contributed by atoms with van der Waals surface area (Å²) < 4.78 is 0. The van der Waals surface area contributed by atoms with Crippen molar-refractivity contribution in [1.29, 1.82) is 0 Å². The Balaban J connectivity index is 1.58. The first kappa shape index (κ1) is 22.2. The molecule has 0 saturated carbocycles. The minimum absolute atomic E-state index is 0.152. The number of pyridine rings is 1. The number of carbonyl (C=O) groups excluding carboxylic acids is 1. The van der Waals surface area contributed by atoms with Gasteiger partial charge >= 0.3 is 5.97 Å². The molecule has 1 atom stereocenters. The van der Waals surface area contributed by atoms with Crippen molar-refractivity contribution in [3.05, 3.63) is 23.4 Å². The lowest BCUT2D eigenvalue weighted by Gasteiger charge is -2.17. The first-order valence-electron chi connectivity index (χ1n) is 10.8. The number of aromatic nitrogens is 1. The highest BCUT2D eigenvalue weighted by atomic mass is 16.4. The summed E-state index contributed by atoms with van der Waals surface area (Å²) in [5, 5.41) is 15.3. The second-order valence-electron chi connectivity index (χ2n) is 7.71. The Bertz CT molecular complexity index is 633. The Hall–Kier alpha value is -2.11. The number of carboxylic acids is 1. The Morgan fingerprint density at radius 3 is 2.75 bits per heavy atom. The molecule has 28 heavy (non-hydrogen) atoms. The van der Waals surface area contributed by atoms with Gasteiger partial charge in [0.2, 0.25) is 5.91 Å². The maximum atomic E-state index is 11.7. The number of fused-ring (bicyclic) bond motifs is 1. The maximum Gasteiger partial charge on any atom is 0.326 e. The van der Waals surface area contributed by atoms with Crippen LogP contribution in [0.2, 0.25) is 0 Å². The fourth-order valence-electron chi connectivity index (χ4n) is 3.55. The molecule has 6 heteroatoms. The Kier molecular flexibility index (Phi) is 9.80. The third-order valence-electron chi connectivity index (χ3n) is 5.27. The summed E-state index contributed by atoms with van der Waals surface area (Å²) in [6.45, 7) is 3.03. The first-order chi connectivity index (χ1) is 13.6. The van der Waals surface area contributed by atoms with E-state index in [-0.39, 0.29) is 5.91 Å². The molecule has 3 N–H and O–H groups in total. The van der Waals surface area contributed by atoms with Crippen LogP contribution in [0.5, 0.6) is 0 Å². The lowest BCUT2D eigenvalue weighted by atomic mass is 10.0. The van der Waals surface area contributed by atoms with Crippen LogP contribution in [0, 0.1) is 0 Å².